The summed E-state index contributed by atoms with van der Waals surface area (Å²) in [5, 5.41) is 13.7. The van der Waals surface area contributed by atoms with Gasteiger partial charge in [-0.3, -0.25) is 14.2 Å². The van der Waals surface area contributed by atoms with Gasteiger partial charge in [0.15, 0.2) is 5.16 Å². The number of para-hydroxylation sites is 1. The molecule has 29 heavy (non-hydrogen) atoms. The smallest absolute Gasteiger partial charge is 0.262 e. The largest absolute Gasteiger partial charge is 0.383 e. The van der Waals surface area contributed by atoms with Gasteiger partial charge in [0.1, 0.15) is 11.1 Å². The lowest BCUT2D eigenvalue weighted by Gasteiger charge is -2.12. The van der Waals surface area contributed by atoms with E-state index in [4.69, 9.17) is 4.74 Å². The van der Waals surface area contributed by atoms with Crippen molar-refractivity contribution < 1.29 is 9.53 Å². The zero-order valence-corrected chi connectivity index (χ0v) is 17.9. The van der Waals surface area contributed by atoms with Crippen LogP contribution in [0.1, 0.15) is 16.0 Å². The quantitative estimate of drug-likeness (QED) is 0.458. The summed E-state index contributed by atoms with van der Waals surface area (Å²) in [6.45, 7) is 4.49. The van der Waals surface area contributed by atoms with Crippen molar-refractivity contribution in [3.63, 3.8) is 0 Å². The van der Waals surface area contributed by atoms with E-state index in [9.17, 15) is 14.9 Å². The minimum absolute atomic E-state index is 0.0681. The number of hydrogen-bond donors (Lipinski definition) is 1. The standard InChI is InChI=1S/C20H20N4O3S2/c1-12-13(2)29-18(15(12)10-21)23-17(25)11-28-20-22-16-7-5-4-6-14(16)19(26)24(20)8-9-27-3/h4-7H,8-9,11H2,1-3H3,(H,23,25). The van der Waals surface area contributed by atoms with E-state index in [1.807, 2.05) is 19.9 Å². The summed E-state index contributed by atoms with van der Waals surface area (Å²) in [7, 11) is 1.57. The molecule has 0 spiro atoms. The summed E-state index contributed by atoms with van der Waals surface area (Å²) >= 11 is 2.57. The Balaban J connectivity index is 1.82. The maximum atomic E-state index is 12.8. The van der Waals surface area contributed by atoms with Crippen molar-refractivity contribution in [1.82, 2.24) is 9.55 Å². The summed E-state index contributed by atoms with van der Waals surface area (Å²) in [6.07, 6.45) is 0. The van der Waals surface area contributed by atoms with Crippen molar-refractivity contribution in [2.45, 2.75) is 25.5 Å². The number of aryl methyl sites for hydroxylation is 1. The molecule has 150 valence electrons. The van der Waals surface area contributed by atoms with E-state index in [0.717, 1.165) is 10.4 Å². The van der Waals surface area contributed by atoms with E-state index in [-0.39, 0.29) is 17.2 Å². The minimum Gasteiger partial charge on any atom is -0.383 e. The fraction of sp³-hybridized carbons (Fsp3) is 0.300. The Kier molecular flexibility index (Phi) is 6.69. The lowest BCUT2D eigenvalue weighted by atomic mass is 10.2. The average molecular weight is 429 g/mol. The van der Waals surface area contributed by atoms with E-state index < -0.39 is 0 Å². The highest BCUT2D eigenvalue weighted by Gasteiger charge is 2.16. The lowest BCUT2D eigenvalue weighted by molar-refractivity contribution is -0.113. The van der Waals surface area contributed by atoms with E-state index in [1.165, 1.54) is 27.7 Å². The minimum atomic E-state index is -0.256. The maximum Gasteiger partial charge on any atom is 0.262 e. The van der Waals surface area contributed by atoms with Crippen LogP contribution in [0.5, 0.6) is 0 Å². The number of carbonyl (C=O) groups is 1. The molecule has 1 aromatic carbocycles. The predicted molar refractivity (Wildman–Crippen MR) is 116 cm³/mol. The summed E-state index contributed by atoms with van der Waals surface area (Å²) in [5.41, 5.74) is 1.80. The van der Waals surface area contributed by atoms with Crippen molar-refractivity contribution >= 4 is 44.9 Å². The van der Waals surface area contributed by atoms with E-state index >= 15 is 0 Å². The number of aromatic nitrogens is 2. The number of nitriles is 1. The lowest BCUT2D eigenvalue weighted by Crippen LogP contribution is -2.26. The van der Waals surface area contributed by atoms with Gasteiger partial charge in [-0.05, 0) is 31.5 Å². The highest BCUT2D eigenvalue weighted by Crippen LogP contribution is 2.31. The second kappa shape index (κ2) is 9.22. The highest BCUT2D eigenvalue weighted by atomic mass is 32.2. The molecule has 0 unspecified atom stereocenters. The monoisotopic (exact) mass is 428 g/mol. The Morgan fingerprint density at radius 3 is 2.86 bits per heavy atom. The van der Waals surface area contributed by atoms with Gasteiger partial charge in [0.05, 0.1) is 35.4 Å². The van der Waals surface area contributed by atoms with Gasteiger partial charge in [-0.25, -0.2) is 4.98 Å². The summed E-state index contributed by atoms with van der Waals surface area (Å²) < 4.78 is 6.64. The second-order valence-corrected chi connectivity index (χ2v) is 8.46. The number of nitrogens with one attached hydrogen (secondary N) is 1. The Morgan fingerprint density at radius 2 is 2.14 bits per heavy atom. The number of anilines is 1. The van der Waals surface area contributed by atoms with Gasteiger partial charge < -0.3 is 10.1 Å². The van der Waals surface area contributed by atoms with Crippen LogP contribution in [0.3, 0.4) is 0 Å². The number of amides is 1. The molecule has 0 saturated carbocycles. The maximum absolute atomic E-state index is 12.8. The predicted octanol–water partition coefficient (Wildman–Crippen LogP) is 3.32. The molecule has 2 aromatic heterocycles. The van der Waals surface area contributed by atoms with Gasteiger partial charge in [0, 0.05) is 12.0 Å². The first-order valence-corrected chi connectivity index (χ1v) is 10.7. The molecule has 0 bridgehead atoms. The van der Waals surface area contributed by atoms with Crippen molar-refractivity contribution in [3.05, 3.63) is 50.6 Å². The topological polar surface area (TPSA) is 97.0 Å². The molecule has 7 nitrogen and oxygen atoms in total. The molecule has 0 atom stereocenters. The molecule has 0 aliphatic heterocycles. The van der Waals surface area contributed by atoms with Crippen molar-refractivity contribution in [2.75, 3.05) is 24.8 Å². The van der Waals surface area contributed by atoms with Crippen molar-refractivity contribution in [2.24, 2.45) is 0 Å². The molecule has 2 heterocycles. The summed E-state index contributed by atoms with van der Waals surface area (Å²) in [4.78, 5) is 30.9. The molecule has 0 saturated heterocycles. The molecule has 3 rings (SSSR count). The molecule has 1 N–H and O–H groups in total. The van der Waals surface area contributed by atoms with Gasteiger partial charge in [0.25, 0.3) is 5.56 Å². The van der Waals surface area contributed by atoms with Crippen LogP contribution in [0.15, 0.2) is 34.2 Å². The van der Waals surface area contributed by atoms with Crippen LogP contribution in [0, 0.1) is 25.2 Å². The Morgan fingerprint density at radius 1 is 1.38 bits per heavy atom. The number of carbonyl (C=O) groups excluding carboxylic acids is 1. The molecule has 3 aromatic rings. The number of benzene rings is 1. The summed E-state index contributed by atoms with van der Waals surface area (Å²) in [6, 6.07) is 9.27. The first kappa shape index (κ1) is 21.0. The van der Waals surface area contributed by atoms with E-state index in [1.54, 1.807) is 25.3 Å². The molecule has 0 fully saturated rings. The first-order valence-electron chi connectivity index (χ1n) is 8.87. The van der Waals surface area contributed by atoms with E-state index in [2.05, 4.69) is 16.4 Å². The van der Waals surface area contributed by atoms with E-state index in [0.29, 0.717) is 39.8 Å². The van der Waals surface area contributed by atoms with Gasteiger partial charge in [-0.15, -0.1) is 11.3 Å². The van der Waals surface area contributed by atoms with Gasteiger partial charge in [0.2, 0.25) is 5.91 Å². The number of nitrogens with zero attached hydrogens (tertiary/aromatic N) is 3. The Hall–Kier alpha value is -2.67. The van der Waals surface area contributed by atoms with Crippen LogP contribution < -0.4 is 10.9 Å². The molecule has 9 heteroatoms. The van der Waals surface area contributed by atoms with Crippen LogP contribution in [0.2, 0.25) is 0 Å². The van der Waals surface area contributed by atoms with Crippen LogP contribution in [-0.4, -0.2) is 34.9 Å². The first-order chi connectivity index (χ1) is 14.0. The SMILES string of the molecule is COCCn1c(SCC(=O)Nc2sc(C)c(C)c2C#N)nc2ccccc2c1=O. The van der Waals surface area contributed by atoms with Crippen LogP contribution in [0.4, 0.5) is 5.00 Å². The average Bonchev–Trinajstić information content (AvgIpc) is 2.98. The Bertz CT molecular complexity index is 1160. The third kappa shape index (κ3) is 4.50. The second-order valence-electron chi connectivity index (χ2n) is 6.30. The van der Waals surface area contributed by atoms with Crippen LogP contribution >= 0.6 is 23.1 Å². The number of ether oxygens (including phenoxy) is 1. The third-order valence-corrected chi connectivity index (χ3v) is 6.53. The molecule has 1 amide bonds. The Labute approximate surface area is 176 Å². The molecule has 0 aliphatic rings. The summed E-state index contributed by atoms with van der Waals surface area (Å²) in [5.74, 6) is -0.188. The molecular weight excluding hydrogens is 408 g/mol. The van der Waals surface area contributed by atoms with Crippen LogP contribution in [0.25, 0.3) is 10.9 Å². The fourth-order valence-corrected chi connectivity index (χ4v) is 4.63. The number of fused-ring (bicyclic) bond motifs is 1. The van der Waals surface area contributed by atoms with Crippen molar-refractivity contribution in [3.8, 4) is 6.07 Å². The fourth-order valence-electron chi connectivity index (χ4n) is 2.78. The number of thiophene rings is 1. The van der Waals surface area contributed by atoms with Gasteiger partial charge in [-0.1, -0.05) is 23.9 Å². The number of methoxy groups -OCH3 is 1. The number of hydrogen-bond acceptors (Lipinski definition) is 7. The van der Waals surface area contributed by atoms with Gasteiger partial charge >= 0.3 is 0 Å². The zero-order chi connectivity index (χ0) is 21.0. The molecular formula is C20H20N4O3S2. The molecule has 0 aliphatic carbocycles. The third-order valence-electron chi connectivity index (χ3n) is 4.43. The highest BCUT2D eigenvalue weighted by molar-refractivity contribution is 7.99. The van der Waals surface area contributed by atoms with Crippen LogP contribution in [-0.2, 0) is 16.1 Å². The van der Waals surface area contributed by atoms with Gasteiger partial charge in [-0.2, -0.15) is 5.26 Å². The van der Waals surface area contributed by atoms with Crippen molar-refractivity contribution in [1.29, 1.82) is 5.26 Å². The zero-order valence-electron chi connectivity index (χ0n) is 16.3. The number of thioether (sulfide) groups is 1. The number of rotatable bonds is 7. The molecule has 0 radical (unpaired) electrons. The normalized spacial score (nSPS) is 10.8.